The van der Waals surface area contributed by atoms with Gasteiger partial charge in [0, 0.05) is 38.6 Å². The third-order valence-corrected chi connectivity index (χ3v) is 7.80. The Labute approximate surface area is 189 Å². The third-order valence-electron chi connectivity index (χ3n) is 7.44. The summed E-state index contributed by atoms with van der Waals surface area (Å²) in [4.78, 5) is 17.0. The van der Waals surface area contributed by atoms with Crippen molar-refractivity contribution >= 4 is 20.5 Å². The van der Waals surface area contributed by atoms with Crippen LogP contribution in [0.15, 0.2) is 42.5 Å². The average Bonchev–Trinajstić information content (AvgIpc) is 3.61. The van der Waals surface area contributed by atoms with E-state index in [1.165, 1.54) is 28.4 Å². The van der Waals surface area contributed by atoms with E-state index in [0.717, 1.165) is 58.4 Å². The van der Waals surface area contributed by atoms with Gasteiger partial charge in [-0.25, -0.2) is 0 Å². The van der Waals surface area contributed by atoms with E-state index in [2.05, 4.69) is 68.4 Å². The van der Waals surface area contributed by atoms with Gasteiger partial charge in [-0.1, -0.05) is 49.4 Å². The second kappa shape index (κ2) is 9.04. The molecule has 31 heavy (non-hydrogen) atoms. The maximum absolute atomic E-state index is 12.3. The minimum atomic E-state index is 0.352. The molecule has 0 aromatic heterocycles. The Hall–Kier alpha value is -1.70. The van der Waals surface area contributed by atoms with Crippen LogP contribution in [0.1, 0.15) is 54.4 Å². The van der Waals surface area contributed by atoms with Crippen LogP contribution in [-0.4, -0.2) is 48.4 Å². The van der Waals surface area contributed by atoms with Gasteiger partial charge in [-0.2, -0.15) is 0 Å². The van der Waals surface area contributed by atoms with Crippen LogP contribution in [0.3, 0.4) is 0 Å². The number of fused-ring (bicyclic) bond motifs is 2. The monoisotopic (exact) mass is 434 g/mol. The number of nitrogens with zero attached hydrogens (tertiary/aromatic N) is 2. The lowest BCUT2D eigenvalue weighted by molar-refractivity contribution is -0.134. The van der Waals surface area contributed by atoms with Gasteiger partial charge in [0.25, 0.3) is 0 Å². The number of carbonyl (C=O) groups is 1. The van der Waals surface area contributed by atoms with Gasteiger partial charge in [0.15, 0.2) is 0 Å². The molecule has 0 radical (unpaired) electrons. The molecule has 0 bridgehead atoms. The molecular weight excluding hydrogens is 399 g/mol. The van der Waals surface area contributed by atoms with E-state index < -0.39 is 0 Å². The van der Waals surface area contributed by atoms with E-state index in [-0.39, 0.29) is 0 Å². The largest absolute Gasteiger partial charge is 0.340 e. The maximum Gasteiger partial charge on any atom is 0.225 e. The molecule has 4 heteroatoms. The Morgan fingerprint density at radius 3 is 2.58 bits per heavy atom. The first-order chi connectivity index (χ1) is 15.1. The van der Waals surface area contributed by atoms with Crippen molar-refractivity contribution in [2.45, 2.75) is 44.9 Å². The Morgan fingerprint density at radius 2 is 1.81 bits per heavy atom. The molecule has 1 saturated carbocycles. The highest BCUT2D eigenvalue weighted by molar-refractivity contribution is 7.27. The van der Waals surface area contributed by atoms with Gasteiger partial charge >= 0.3 is 0 Å². The molecule has 1 unspecified atom stereocenters. The van der Waals surface area contributed by atoms with Crippen molar-refractivity contribution in [1.82, 2.24) is 9.80 Å². The van der Waals surface area contributed by atoms with E-state index in [1.54, 1.807) is 5.56 Å². The fourth-order valence-corrected chi connectivity index (χ4v) is 5.93. The molecule has 3 aliphatic rings. The third kappa shape index (κ3) is 4.89. The second-order valence-electron chi connectivity index (χ2n) is 10.0. The molecule has 2 aromatic rings. The summed E-state index contributed by atoms with van der Waals surface area (Å²) in [6, 6.07) is 16.0. The van der Waals surface area contributed by atoms with Crippen molar-refractivity contribution in [3.8, 4) is 0 Å². The molecule has 0 N–H and O–H groups in total. The van der Waals surface area contributed by atoms with Crippen LogP contribution >= 0.6 is 9.24 Å². The Morgan fingerprint density at radius 1 is 1.03 bits per heavy atom. The first-order valence-corrected chi connectivity index (χ1v) is 12.6. The zero-order valence-electron chi connectivity index (χ0n) is 18.7. The summed E-state index contributed by atoms with van der Waals surface area (Å²) in [5.74, 6) is 1.99. The first kappa shape index (κ1) is 21.2. The Kier molecular flexibility index (Phi) is 6.17. The second-order valence-corrected chi connectivity index (χ2v) is 10.7. The number of hydrogen-bond acceptors (Lipinski definition) is 2. The highest BCUT2D eigenvalue weighted by atomic mass is 31.0. The number of benzene rings is 2. The first-order valence-electron chi connectivity index (χ1n) is 12.0. The minimum absolute atomic E-state index is 0.352. The van der Waals surface area contributed by atoms with Crippen molar-refractivity contribution in [2.24, 2.45) is 11.8 Å². The van der Waals surface area contributed by atoms with Crippen molar-refractivity contribution in [2.75, 3.05) is 32.7 Å². The molecule has 1 amide bonds. The predicted molar refractivity (Wildman–Crippen MR) is 131 cm³/mol. The van der Waals surface area contributed by atoms with Crippen LogP contribution in [0.25, 0.3) is 0 Å². The highest BCUT2D eigenvalue weighted by Gasteiger charge is 2.34. The normalized spacial score (nSPS) is 22.4. The Balaban J connectivity index is 1.24. The van der Waals surface area contributed by atoms with Gasteiger partial charge < -0.3 is 4.90 Å². The lowest BCUT2D eigenvalue weighted by atomic mass is 9.84. The lowest BCUT2D eigenvalue weighted by Gasteiger charge is -2.36. The molecule has 164 valence electrons. The molecule has 1 saturated heterocycles. The quantitative estimate of drug-likeness (QED) is 0.665. The molecule has 2 fully saturated rings. The molecular formula is C27H35N2OP. The maximum atomic E-state index is 12.3. The number of amides is 1. The van der Waals surface area contributed by atoms with Crippen LogP contribution in [-0.2, 0) is 17.6 Å². The molecule has 1 heterocycles. The summed E-state index contributed by atoms with van der Waals surface area (Å²) in [5, 5.41) is 1.29. The molecule has 3 atom stereocenters. The van der Waals surface area contributed by atoms with E-state index >= 15 is 0 Å². The standard InChI is InChI=1S/C27H35N2OP/c1-19(18-28-10-12-29(13-11-28)27(30)20-6-7-20)14-24-16-23-17-25(31)9-8-21(23)15-22-4-2-3-5-26(22)24/h2-5,8-9,17,19-20,24H,6-7,10-16,18,31H2,1H3/t19-,24-/m0/s1. The van der Waals surface area contributed by atoms with Crippen molar-refractivity contribution in [3.63, 3.8) is 0 Å². The number of carbonyl (C=O) groups excluding carboxylic acids is 1. The van der Waals surface area contributed by atoms with Crippen molar-refractivity contribution < 1.29 is 4.79 Å². The topological polar surface area (TPSA) is 23.6 Å². The molecule has 0 spiro atoms. The number of hydrogen-bond donors (Lipinski definition) is 0. The fraction of sp³-hybridized carbons (Fsp3) is 0.519. The van der Waals surface area contributed by atoms with Crippen LogP contribution in [0.5, 0.6) is 0 Å². The van der Waals surface area contributed by atoms with Gasteiger partial charge in [-0.3, -0.25) is 9.69 Å². The minimum Gasteiger partial charge on any atom is -0.340 e. The summed E-state index contributed by atoms with van der Waals surface area (Å²) >= 11 is 0. The zero-order chi connectivity index (χ0) is 21.4. The molecule has 5 rings (SSSR count). The lowest BCUT2D eigenvalue weighted by Crippen LogP contribution is -2.50. The molecule has 2 aliphatic carbocycles. The van der Waals surface area contributed by atoms with E-state index in [1.807, 2.05) is 0 Å². The molecule has 3 nitrogen and oxygen atoms in total. The van der Waals surface area contributed by atoms with Crippen LogP contribution < -0.4 is 5.30 Å². The molecule has 1 aliphatic heterocycles. The smallest absolute Gasteiger partial charge is 0.225 e. The van der Waals surface area contributed by atoms with Gasteiger partial charge in [0.1, 0.15) is 0 Å². The van der Waals surface area contributed by atoms with Crippen LogP contribution in [0, 0.1) is 11.8 Å². The van der Waals surface area contributed by atoms with Gasteiger partial charge in [0.05, 0.1) is 0 Å². The SMILES string of the molecule is C[C@@H](C[C@H]1Cc2cc(P)ccc2Cc2ccccc21)CN1CCN(C(=O)C2CC2)CC1. The van der Waals surface area contributed by atoms with Gasteiger partial charge in [0.2, 0.25) is 5.91 Å². The Bertz CT molecular complexity index is 946. The summed E-state index contributed by atoms with van der Waals surface area (Å²) < 4.78 is 0. The predicted octanol–water partition coefficient (Wildman–Crippen LogP) is 4.00. The summed E-state index contributed by atoms with van der Waals surface area (Å²) in [6.45, 7) is 7.45. The van der Waals surface area contributed by atoms with Crippen molar-refractivity contribution in [3.05, 3.63) is 64.7 Å². The van der Waals surface area contributed by atoms with Gasteiger partial charge in [-0.05, 0) is 71.5 Å². The summed E-state index contributed by atoms with van der Waals surface area (Å²) in [6.07, 6.45) is 5.64. The van der Waals surface area contributed by atoms with Crippen LogP contribution in [0.2, 0.25) is 0 Å². The summed E-state index contributed by atoms with van der Waals surface area (Å²) in [5.41, 5.74) is 6.07. The van der Waals surface area contributed by atoms with Gasteiger partial charge in [-0.15, -0.1) is 9.24 Å². The number of piperazine rings is 1. The van der Waals surface area contributed by atoms with Crippen LogP contribution in [0.4, 0.5) is 0 Å². The van der Waals surface area contributed by atoms with E-state index in [4.69, 9.17) is 0 Å². The van der Waals surface area contributed by atoms with E-state index in [9.17, 15) is 4.79 Å². The molecule has 2 aromatic carbocycles. The van der Waals surface area contributed by atoms with Crippen molar-refractivity contribution in [1.29, 1.82) is 0 Å². The average molecular weight is 435 g/mol. The van der Waals surface area contributed by atoms with E-state index in [0.29, 0.717) is 23.7 Å². The summed E-state index contributed by atoms with van der Waals surface area (Å²) in [7, 11) is 2.86. The zero-order valence-corrected chi connectivity index (χ0v) is 19.9. The fourth-order valence-electron chi connectivity index (χ4n) is 5.63. The highest BCUT2D eigenvalue weighted by Crippen LogP contribution is 2.36. The number of rotatable bonds is 5.